The minimum atomic E-state index is 0.390. The molecule has 0 radical (unpaired) electrons. The molecule has 0 aromatic carbocycles. The molecule has 0 unspecified atom stereocenters. The predicted octanol–water partition coefficient (Wildman–Crippen LogP) is 2.13. The third kappa shape index (κ3) is 4.28. The average molecular weight is 266 g/mol. The standard InChI is InChI=1S/C14H26N4O/c1-3-9-18-14(16-11-17-18)10-19-13-7-5-12(6-8-13)15-4-2/h11-13,15H,3-10H2,1-2H3. The van der Waals surface area contributed by atoms with Crippen molar-refractivity contribution in [3.8, 4) is 0 Å². The molecule has 1 N–H and O–H groups in total. The van der Waals surface area contributed by atoms with Gasteiger partial charge in [0, 0.05) is 12.6 Å². The molecule has 5 nitrogen and oxygen atoms in total. The highest BCUT2D eigenvalue weighted by atomic mass is 16.5. The largest absolute Gasteiger partial charge is 0.370 e. The van der Waals surface area contributed by atoms with Gasteiger partial charge in [-0.2, -0.15) is 5.10 Å². The number of rotatable bonds is 7. The molecule has 0 amide bonds. The van der Waals surface area contributed by atoms with Gasteiger partial charge in [-0.1, -0.05) is 13.8 Å². The summed E-state index contributed by atoms with van der Waals surface area (Å²) >= 11 is 0. The van der Waals surface area contributed by atoms with Crippen LogP contribution in [0.1, 0.15) is 51.8 Å². The van der Waals surface area contributed by atoms with Crippen LogP contribution in [0.2, 0.25) is 0 Å². The van der Waals surface area contributed by atoms with Crippen LogP contribution < -0.4 is 5.32 Å². The van der Waals surface area contributed by atoms with Gasteiger partial charge in [-0.25, -0.2) is 9.67 Å². The molecule has 1 aliphatic rings. The summed E-state index contributed by atoms with van der Waals surface area (Å²) in [7, 11) is 0. The van der Waals surface area contributed by atoms with E-state index in [1.54, 1.807) is 6.33 Å². The van der Waals surface area contributed by atoms with E-state index < -0.39 is 0 Å². The zero-order valence-corrected chi connectivity index (χ0v) is 12.1. The average Bonchev–Trinajstić information content (AvgIpc) is 2.86. The lowest BCUT2D eigenvalue weighted by Crippen LogP contribution is -2.35. The first-order chi connectivity index (χ1) is 9.33. The number of aryl methyl sites for hydroxylation is 1. The molecule has 108 valence electrons. The van der Waals surface area contributed by atoms with E-state index in [0.717, 1.165) is 38.2 Å². The first kappa shape index (κ1) is 14.5. The Labute approximate surface area is 115 Å². The maximum atomic E-state index is 5.99. The molecule has 5 heteroatoms. The molecule has 1 saturated carbocycles. The van der Waals surface area contributed by atoms with Crippen molar-refractivity contribution in [2.45, 2.75) is 71.2 Å². The second-order valence-electron chi connectivity index (χ2n) is 5.24. The van der Waals surface area contributed by atoms with Crippen LogP contribution in [0.25, 0.3) is 0 Å². The lowest BCUT2D eigenvalue weighted by atomic mass is 9.93. The summed E-state index contributed by atoms with van der Waals surface area (Å²) < 4.78 is 7.94. The first-order valence-electron chi connectivity index (χ1n) is 7.55. The molecule has 0 aliphatic heterocycles. The third-order valence-electron chi connectivity index (χ3n) is 3.75. The summed E-state index contributed by atoms with van der Waals surface area (Å²) in [4.78, 5) is 4.28. The van der Waals surface area contributed by atoms with Gasteiger partial charge in [0.2, 0.25) is 0 Å². The highest BCUT2D eigenvalue weighted by Gasteiger charge is 2.21. The highest BCUT2D eigenvalue weighted by molar-refractivity contribution is 4.83. The second kappa shape index (κ2) is 7.60. The van der Waals surface area contributed by atoms with Crippen LogP contribution in [-0.4, -0.2) is 33.5 Å². The van der Waals surface area contributed by atoms with E-state index >= 15 is 0 Å². The fourth-order valence-electron chi connectivity index (χ4n) is 2.71. The van der Waals surface area contributed by atoms with E-state index in [0.29, 0.717) is 18.8 Å². The molecule has 2 rings (SSSR count). The van der Waals surface area contributed by atoms with Crippen LogP contribution >= 0.6 is 0 Å². The molecule has 19 heavy (non-hydrogen) atoms. The van der Waals surface area contributed by atoms with Gasteiger partial charge in [0.1, 0.15) is 12.9 Å². The van der Waals surface area contributed by atoms with Crippen LogP contribution in [0.15, 0.2) is 6.33 Å². The molecule has 0 spiro atoms. The summed E-state index contributed by atoms with van der Waals surface area (Å²) in [6.07, 6.45) is 7.83. The summed E-state index contributed by atoms with van der Waals surface area (Å²) in [6.45, 7) is 6.90. The van der Waals surface area contributed by atoms with E-state index in [9.17, 15) is 0 Å². The van der Waals surface area contributed by atoms with Gasteiger partial charge in [-0.3, -0.25) is 0 Å². The number of hydrogen-bond donors (Lipinski definition) is 1. The summed E-state index contributed by atoms with van der Waals surface area (Å²) in [6, 6.07) is 0.689. The number of nitrogens with one attached hydrogen (secondary N) is 1. The first-order valence-corrected chi connectivity index (χ1v) is 7.55. The quantitative estimate of drug-likeness (QED) is 0.821. The van der Waals surface area contributed by atoms with Crippen LogP contribution in [0, 0.1) is 0 Å². The van der Waals surface area contributed by atoms with Gasteiger partial charge in [0.05, 0.1) is 6.10 Å². The van der Waals surface area contributed by atoms with Gasteiger partial charge < -0.3 is 10.1 Å². The van der Waals surface area contributed by atoms with Gasteiger partial charge >= 0.3 is 0 Å². The Morgan fingerprint density at radius 2 is 2.11 bits per heavy atom. The van der Waals surface area contributed by atoms with E-state index in [-0.39, 0.29) is 0 Å². The van der Waals surface area contributed by atoms with Crippen molar-refractivity contribution in [3.05, 3.63) is 12.2 Å². The van der Waals surface area contributed by atoms with E-state index in [4.69, 9.17) is 4.74 Å². The number of hydrogen-bond acceptors (Lipinski definition) is 4. The maximum Gasteiger partial charge on any atom is 0.152 e. The predicted molar refractivity (Wildman–Crippen MR) is 74.8 cm³/mol. The SMILES string of the molecule is CCCn1ncnc1COC1CCC(NCC)CC1. The lowest BCUT2D eigenvalue weighted by molar-refractivity contribution is 0.00665. The molecule has 1 aromatic rings. The Morgan fingerprint density at radius 1 is 1.32 bits per heavy atom. The van der Waals surface area contributed by atoms with Crippen molar-refractivity contribution in [1.82, 2.24) is 20.1 Å². The molecule has 1 heterocycles. The summed E-state index contributed by atoms with van der Waals surface area (Å²) in [5, 5.41) is 7.74. The minimum Gasteiger partial charge on any atom is -0.370 e. The van der Waals surface area contributed by atoms with Gasteiger partial charge in [0.25, 0.3) is 0 Å². The lowest BCUT2D eigenvalue weighted by Gasteiger charge is -2.28. The van der Waals surface area contributed by atoms with Gasteiger partial charge in [0.15, 0.2) is 5.82 Å². The fraction of sp³-hybridized carbons (Fsp3) is 0.857. The Hall–Kier alpha value is -0.940. The molecule has 0 bridgehead atoms. The van der Waals surface area contributed by atoms with Crippen molar-refractivity contribution < 1.29 is 4.74 Å². The number of nitrogens with zero attached hydrogens (tertiary/aromatic N) is 3. The van der Waals surface area contributed by atoms with Crippen molar-refractivity contribution in [2.24, 2.45) is 0 Å². The molecular weight excluding hydrogens is 240 g/mol. The van der Waals surface area contributed by atoms with Crippen molar-refractivity contribution in [2.75, 3.05) is 6.54 Å². The molecule has 0 saturated heterocycles. The normalized spacial score (nSPS) is 23.7. The zero-order chi connectivity index (χ0) is 13.5. The van der Waals surface area contributed by atoms with Crippen LogP contribution in [0.5, 0.6) is 0 Å². The molecule has 1 fully saturated rings. The van der Waals surface area contributed by atoms with Crippen molar-refractivity contribution >= 4 is 0 Å². The second-order valence-corrected chi connectivity index (χ2v) is 5.24. The van der Waals surface area contributed by atoms with E-state index in [1.165, 1.54) is 12.8 Å². The molecule has 1 aliphatic carbocycles. The zero-order valence-electron chi connectivity index (χ0n) is 12.1. The molecule has 0 atom stereocenters. The minimum absolute atomic E-state index is 0.390. The molecular formula is C14H26N4O. The van der Waals surface area contributed by atoms with E-state index in [2.05, 4.69) is 29.2 Å². The monoisotopic (exact) mass is 266 g/mol. The van der Waals surface area contributed by atoms with Crippen LogP contribution in [0.4, 0.5) is 0 Å². The number of aromatic nitrogens is 3. The number of ether oxygens (including phenoxy) is 1. The van der Waals surface area contributed by atoms with Gasteiger partial charge in [-0.05, 0) is 38.6 Å². The van der Waals surface area contributed by atoms with Crippen molar-refractivity contribution in [1.29, 1.82) is 0 Å². The summed E-state index contributed by atoms with van der Waals surface area (Å²) in [5.74, 6) is 0.954. The maximum absolute atomic E-state index is 5.99. The van der Waals surface area contributed by atoms with Gasteiger partial charge in [-0.15, -0.1) is 0 Å². The summed E-state index contributed by atoms with van der Waals surface area (Å²) in [5.41, 5.74) is 0. The van der Waals surface area contributed by atoms with Crippen molar-refractivity contribution in [3.63, 3.8) is 0 Å². The van der Waals surface area contributed by atoms with Crippen LogP contribution in [-0.2, 0) is 17.9 Å². The Balaban J connectivity index is 1.72. The third-order valence-corrected chi connectivity index (χ3v) is 3.75. The fourth-order valence-corrected chi connectivity index (χ4v) is 2.71. The Bertz CT molecular complexity index is 358. The molecule has 1 aromatic heterocycles. The topological polar surface area (TPSA) is 52.0 Å². The smallest absolute Gasteiger partial charge is 0.152 e. The Morgan fingerprint density at radius 3 is 2.79 bits per heavy atom. The van der Waals surface area contributed by atoms with E-state index in [1.807, 2.05) is 4.68 Å². The van der Waals surface area contributed by atoms with Crippen LogP contribution in [0.3, 0.4) is 0 Å². The Kier molecular flexibility index (Phi) is 5.79. The highest BCUT2D eigenvalue weighted by Crippen LogP contribution is 2.21.